The lowest BCUT2D eigenvalue weighted by molar-refractivity contribution is -0.111. The van der Waals surface area contributed by atoms with Crippen LogP contribution in [0.3, 0.4) is 0 Å². The number of carbonyl (C=O) groups is 1. The van der Waals surface area contributed by atoms with Gasteiger partial charge in [0.15, 0.2) is 0 Å². The summed E-state index contributed by atoms with van der Waals surface area (Å²) in [6.45, 7) is 2.92. The molecule has 4 rings (SSSR count). The largest absolute Gasteiger partial charge is 0.340 e. The van der Waals surface area contributed by atoms with Gasteiger partial charge < -0.3 is 10.6 Å². The van der Waals surface area contributed by atoms with Gasteiger partial charge in [-0.15, -0.1) is 0 Å². The Balaban J connectivity index is 1.38. The van der Waals surface area contributed by atoms with Crippen molar-refractivity contribution < 1.29 is 9.18 Å². The zero-order chi connectivity index (χ0) is 22.5. The van der Waals surface area contributed by atoms with E-state index in [1.807, 2.05) is 23.9 Å². The molecule has 6 nitrogen and oxygen atoms in total. The number of thiophene rings is 1. The molecule has 1 aliphatic rings. The number of fused-ring (bicyclic) bond motifs is 1. The second-order valence-corrected chi connectivity index (χ2v) is 10.0. The molecule has 2 N–H and O–H groups in total. The number of rotatable bonds is 7. The highest BCUT2D eigenvalue weighted by Gasteiger charge is 2.17. The summed E-state index contributed by atoms with van der Waals surface area (Å²) < 4.78 is 13.4. The first-order valence-corrected chi connectivity index (χ1v) is 12.7. The van der Waals surface area contributed by atoms with E-state index in [9.17, 15) is 9.18 Å². The number of piperidine rings is 1. The number of hydrogen-bond donors (Lipinski definition) is 2. The van der Waals surface area contributed by atoms with Crippen molar-refractivity contribution >= 4 is 67.3 Å². The molecule has 0 aliphatic carbocycles. The van der Waals surface area contributed by atoms with E-state index >= 15 is 0 Å². The third kappa shape index (κ3) is 5.78. The third-order valence-electron chi connectivity index (χ3n) is 5.26. The number of carbonyl (C=O) groups excluding carboxylic acids is 1. The first kappa shape index (κ1) is 23.0. The number of aromatic nitrogens is 2. The molecule has 1 aliphatic heterocycles. The van der Waals surface area contributed by atoms with Gasteiger partial charge in [0.2, 0.25) is 5.91 Å². The maximum Gasteiger partial charge on any atom is 0.248 e. The topological polar surface area (TPSA) is 70.2 Å². The average Bonchev–Trinajstić information content (AvgIpc) is 3.20. The Hall–Kier alpha value is -2.20. The van der Waals surface area contributed by atoms with Crippen molar-refractivity contribution in [1.82, 2.24) is 14.9 Å². The van der Waals surface area contributed by atoms with E-state index in [2.05, 4.69) is 31.8 Å². The van der Waals surface area contributed by atoms with Gasteiger partial charge >= 0.3 is 0 Å². The van der Waals surface area contributed by atoms with E-state index in [1.165, 1.54) is 42.6 Å². The molecular weight excluding hydrogens is 469 g/mol. The molecule has 0 bridgehead atoms. The van der Waals surface area contributed by atoms with Crippen LogP contribution in [0.1, 0.15) is 12.8 Å². The van der Waals surface area contributed by atoms with Crippen molar-refractivity contribution in [3.8, 4) is 0 Å². The number of nitrogens with zero attached hydrogens (tertiary/aromatic N) is 3. The van der Waals surface area contributed by atoms with E-state index in [0.29, 0.717) is 16.5 Å². The van der Waals surface area contributed by atoms with Gasteiger partial charge in [0.25, 0.3) is 0 Å². The summed E-state index contributed by atoms with van der Waals surface area (Å²) in [4.78, 5) is 24.0. The van der Waals surface area contributed by atoms with Crippen molar-refractivity contribution in [2.24, 2.45) is 0 Å². The lowest BCUT2D eigenvalue weighted by Crippen LogP contribution is -2.34. The van der Waals surface area contributed by atoms with Gasteiger partial charge in [0.1, 0.15) is 22.8 Å². The van der Waals surface area contributed by atoms with Crippen molar-refractivity contribution in [2.45, 2.75) is 18.1 Å². The van der Waals surface area contributed by atoms with Gasteiger partial charge in [-0.05, 0) is 56.5 Å². The molecule has 1 amide bonds. The number of hydrogen-bond acceptors (Lipinski definition) is 7. The van der Waals surface area contributed by atoms with Crippen LogP contribution in [0, 0.1) is 5.82 Å². The minimum absolute atomic E-state index is 0.0268. The molecule has 2 aromatic heterocycles. The van der Waals surface area contributed by atoms with E-state index in [1.54, 1.807) is 12.1 Å². The lowest BCUT2D eigenvalue weighted by atomic mass is 10.1. The summed E-state index contributed by atoms with van der Waals surface area (Å²) in [6, 6.07) is 6.19. The normalized spacial score (nSPS) is 15.5. The van der Waals surface area contributed by atoms with Crippen LogP contribution in [-0.4, -0.2) is 51.9 Å². The number of likely N-dealkylation sites (tertiary alicyclic amines) is 1. The minimum atomic E-state index is -0.483. The smallest absolute Gasteiger partial charge is 0.248 e. The molecule has 32 heavy (non-hydrogen) atoms. The monoisotopic (exact) mass is 491 g/mol. The van der Waals surface area contributed by atoms with Crippen LogP contribution in [0.2, 0.25) is 5.02 Å². The van der Waals surface area contributed by atoms with E-state index < -0.39 is 5.82 Å². The second kappa shape index (κ2) is 10.6. The van der Waals surface area contributed by atoms with Gasteiger partial charge in [0, 0.05) is 23.6 Å². The van der Waals surface area contributed by atoms with E-state index in [4.69, 9.17) is 11.6 Å². The lowest BCUT2D eigenvalue weighted by Gasteiger charge is -2.30. The van der Waals surface area contributed by atoms with Crippen LogP contribution in [-0.2, 0) is 4.79 Å². The molecule has 0 unspecified atom stereocenters. The van der Waals surface area contributed by atoms with Crippen LogP contribution in [0.25, 0.3) is 10.2 Å². The van der Waals surface area contributed by atoms with Crippen molar-refractivity contribution in [1.29, 1.82) is 0 Å². The first-order valence-electron chi connectivity index (χ1n) is 10.2. The molecular formula is C22H23ClFN5OS2. The minimum Gasteiger partial charge on any atom is -0.340 e. The highest BCUT2D eigenvalue weighted by Crippen LogP contribution is 2.33. The number of nitrogens with one attached hydrogen (secondary N) is 2. The van der Waals surface area contributed by atoms with Crippen molar-refractivity contribution in [3.63, 3.8) is 0 Å². The molecule has 3 heterocycles. The molecule has 1 aromatic carbocycles. The highest BCUT2D eigenvalue weighted by atomic mass is 35.5. The molecule has 0 radical (unpaired) electrons. The van der Waals surface area contributed by atoms with Crippen molar-refractivity contribution in [3.05, 3.63) is 53.6 Å². The van der Waals surface area contributed by atoms with Gasteiger partial charge in [0.05, 0.1) is 15.4 Å². The summed E-state index contributed by atoms with van der Waals surface area (Å²) in [7, 11) is 0. The first-order chi connectivity index (χ1) is 15.5. The zero-order valence-corrected chi connectivity index (χ0v) is 19.9. The Morgan fingerprint density at radius 3 is 2.91 bits per heavy atom. The molecule has 3 aromatic rings. The SMILES string of the molecule is CSC1CCN(C/C=C/C(=O)Nc2cc3c(Nc4ccc(F)c(Cl)c4)ncnc3s2)CC1. The zero-order valence-electron chi connectivity index (χ0n) is 17.5. The number of halogens is 2. The number of benzene rings is 1. The Kier molecular flexibility index (Phi) is 7.62. The van der Waals surface area contributed by atoms with Crippen LogP contribution in [0.5, 0.6) is 0 Å². The van der Waals surface area contributed by atoms with Crippen molar-refractivity contribution in [2.75, 3.05) is 36.5 Å². The Bertz CT molecular complexity index is 1130. The van der Waals surface area contributed by atoms with Crippen LogP contribution < -0.4 is 10.6 Å². The summed E-state index contributed by atoms with van der Waals surface area (Å²) in [5.74, 6) is -0.106. The van der Waals surface area contributed by atoms with E-state index in [0.717, 1.165) is 35.1 Å². The van der Waals surface area contributed by atoms with Gasteiger partial charge in [-0.1, -0.05) is 29.0 Å². The standard InChI is InChI=1S/C22H23ClFN5OS2/c1-31-15-6-9-29(10-7-15)8-2-3-19(30)28-20-12-16-21(25-13-26-22(16)32-20)27-14-4-5-18(24)17(23)11-14/h2-5,11-13,15H,6-10H2,1H3,(H,28,30)(H,25,26,27)/b3-2+. The molecule has 1 saturated heterocycles. The predicted molar refractivity (Wildman–Crippen MR) is 133 cm³/mol. The molecule has 0 saturated carbocycles. The predicted octanol–water partition coefficient (Wildman–Crippen LogP) is 5.55. The Morgan fingerprint density at radius 1 is 1.34 bits per heavy atom. The van der Waals surface area contributed by atoms with Crippen LogP contribution in [0.4, 0.5) is 20.9 Å². The fraction of sp³-hybridized carbons (Fsp3) is 0.318. The Labute approximate surface area is 199 Å². The molecule has 168 valence electrons. The average molecular weight is 492 g/mol. The second-order valence-electron chi connectivity index (χ2n) is 7.43. The van der Waals surface area contributed by atoms with Crippen LogP contribution in [0.15, 0.2) is 42.7 Å². The summed E-state index contributed by atoms with van der Waals surface area (Å²) in [5, 5.41) is 8.25. The molecule has 0 spiro atoms. The van der Waals surface area contributed by atoms with Gasteiger partial charge in [-0.25, -0.2) is 14.4 Å². The molecule has 0 atom stereocenters. The maximum absolute atomic E-state index is 13.4. The summed E-state index contributed by atoms with van der Waals surface area (Å²) >= 11 is 9.16. The number of thioether (sulfide) groups is 1. The highest BCUT2D eigenvalue weighted by molar-refractivity contribution is 7.99. The maximum atomic E-state index is 13.4. The number of anilines is 3. The fourth-order valence-electron chi connectivity index (χ4n) is 3.53. The third-order valence-corrected chi connectivity index (χ3v) is 7.65. The van der Waals surface area contributed by atoms with E-state index in [-0.39, 0.29) is 10.9 Å². The summed E-state index contributed by atoms with van der Waals surface area (Å²) in [5.41, 5.74) is 0.609. The Morgan fingerprint density at radius 2 is 2.16 bits per heavy atom. The fourth-order valence-corrected chi connectivity index (χ4v) is 5.29. The molecule has 1 fully saturated rings. The quantitative estimate of drug-likeness (QED) is 0.422. The molecule has 10 heteroatoms. The van der Waals surface area contributed by atoms with Gasteiger partial charge in [-0.3, -0.25) is 9.69 Å². The van der Waals surface area contributed by atoms with Gasteiger partial charge in [-0.2, -0.15) is 11.8 Å². The number of amides is 1. The van der Waals surface area contributed by atoms with Crippen LogP contribution >= 0.6 is 34.7 Å². The summed E-state index contributed by atoms with van der Waals surface area (Å²) in [6.07, 6.45) is 9.50.